The van der Waals surface area contributed by atoms with Gasteiger partial charge in [0.1, 0.15) is 5.76 Å². The van der Waals surface area contributed by atoms with E-state index in [9.17, 15) is 4.79 Å². The zero-order chi connectivity index (χ0) is 16.5. The Morgan fingerprint density at radius 1 is 0.917 bits per heavy atom. The molecule has 1 aliphatic heterocycles. The van der Waals surface area contributed by atoms with Crippen molar-refractivity contribution in [3.05, 3.63) is 83.3 Å². The third-order valence-corrected chi connectivity index (χ3v) is 4.56. The van der Waals surface area contributed by atoms with Crippen LogP contribution in [-0.2, 0) is 19.5 Å². The highest BCUT2D eigenvalue weighted by molar-refractivity contribution is 5.92. The Morgan fingerprint density at radius 2 is 1.50 bits per heavy atom. The zero-order valence-corrected chi connectivity index (χ0v) is 13.7. The van der Waals surface area contributed by atoms with Crippen LogP contribution in [0, 0.1) is 0 Å². The van der Waals surface area contributed by atoms with Crippen LogP contribution in [0.5, 0.6) is 0 Å². The number of hydrogen-bond acceptors (Lipinski definition) is 2. The van der Waals surface area contributed by atoms with Crippen molar-refractivity contribution in [2.24, 2.45) is 0 Å². The largest absolute Gasteiger partial charge is 0.456 e. The fraction of sp³-hybridized carbons (Fsp3) is 0.190. The Kier molecular flexibility index (Phi) is 3.69. The van der Waals surface area contributed by atoms with E-state index in [2.05, 4.69) is 24.3 Å². The molecule has 0 bridgehead atoms. The van der Waals surface area contributed by atoms with Gasteiger partial charge < -0.3 is 9.32 Å². The van der Waals surface area contributed by atoms with Gasteiger partial charge in [-0.15, -0.1) is 0 Å². The van der Waals surface area contributed by atoms with Crippen molar-refractivity contribution in [3.63, 3.8) is 0 Å². The number of furan rings is 1. The van der Waals surface area contributed by atoms with Crippen LogP contribution in [0.25, 0.3) is 11.1 Å². The molecule has 1 amide bonds. The van der Waals surface area contributed by atoms with Crippen molar-refractivity contribution >= 4 is 5.91 Å². The van der Waals surface area contributed by atoms with Gasteiger partial charge in [0.25, 0.3) is 5.91 Å². The quantitative estimate of drug-likeness (QED) is 0.688. The number of aryl methyl sites for hydroxylation is 1. The maximum absolute atomic E-state index is 12.9. The molecule has 0 fully saturated rings. The maximum Gasteiger partial charge on any atom is 0.290 e. The van der Waals surface area contributed by atoms with Crippen LogP contribution in [-0.4, -0.2) is 10.8 Å². The number of fused-ring (bicyclic) bond motifs is 3. The SMILES string of the molecule is CCc1ccc(C(=O)N2Cc3ccccc3-c3ccccc3C2)o1. The molecule has 0 aliphatic carbocycles. The monoisotopic (exact) mass is 317 g/mol. The van der Waals surface area contributed by atoms with E-state index in [-0.39, 0.29) is 5.91 Å². The summed E-state index contributed by atoms with van der Waals surface area (Å²) in [6.45, 7) is 3.20. The normalized spacial score (nSPS) is 13.1. The number of amides is 1. The second-order valence-corrected chi connectivity index (χ2v) is 6.10. The summed E-state index contributed by atoms with van der Waals surface area (Å²) >= 11 is 0. The number of rotatable bonds is 2. The second kappa shape index (κ2) is 6.00. The lowest BCUT2D eigenvalue weighted by molar-refractivity contribution is 0.0698. The highest BCUT2D eigenvalue weighted by Gasteiger charge is 2.25. The zero-order valence-electron chi connectivity index (χ0n) is 13.7. The molecule has 1 aromatic heterocycles. The molecule has 0 saturated heterocycles. The van der Waals surface area contributed by atoms with Gasteiger partial charge in [-0.2, -0.15) is 0 Å². The summed E-state index contributed by atoms with van der Waals surface area (Å²) in [6, 6.07) is 20.3. The summed E-state index contributed by atoms with van der Waals surface area (Å²) in [6.07, 6.45) is 0.791. The Balaban J connectivity index is 1.76. The molecule has 120 valence electrons. The van der Waals surface area contributed by atoms with Crippen LogP contribution in [0.4, 0.5) is 0 Å². The third kappa shape index (κ3) is 2.52. The van der Waals surface area contributed by atoms with Crippen LogP contribution >= 0.6 is 0 Å². The lowest BCUT2D eigenvalue weighted by atomic mass is 9.97. The number of carbonyl (C=O) groups is 1. The van der Waals surface area contributed by atoms with Crippen molar-refractivity contribution < 1.29 is 9.21 Å². The minimum Gasteiger partial charge on any atom is -0.456 e. The van der Waals surface area contributed by atoms with E-state index >= 15 is 0 Å². The summed E-state index contributed by atoms with van der Waals surface area (Å²) in [4.78, 5) is 14.8. The molecule has 0 saturated carbocycles. The van der Waals surface area contributed by atoms with E-state index in [1.165, 1.54) is 11.1 Å². The third-order valence-electron chi connectivity index (χ3n) is 4.56. The minimum absolute atomic E-state index is 0.0544. The Labute approximate surface area is 141 Å². The van der Waals surface area contributed by atoms with Gasteiger partial charge in [0.2, 0.25) is 0 Å². The van der Waals surface area contributed by atoms with Crippen molar-refractivity contribution in [1.82, 2.24) is 4.90 Å². The molecule has 3 nitrogen and oxygen atoms in total. The van der Waals surface area contributed by atoms with Crippen molar-refractivity contribution in [3.8, 4) is 11.1 Å². The molecular weight excluding hydrogens is 298 g/mol. The predicted molar refractivity (Wildman–Crippen MR) is 93.5 cm³/mol. The molecule has 0 N–H and O–H groups in total. The fourth-order valence-electron chi connectivity index (χ4n) is 3.29. The average Bonchev–Trinajstić information content (AvgIpc) is 3.04. The minimum atomic E-state index is -0.0544. The Bertz CT molecular complexity index is 847. The first-order chi connectivity index (χ1) is 11.8. The van der Waals surface area contributed by atoms with Crippen molar-refractivity contribution in [1.29, 1.82) is 0 Å². The van der Waals surface area contributed by atoms with Gasteiger partial charge >= 0.3 is 0 Å². The lowest BCUT2D eigenvalue weighted by Gasteiger charge is -2.20. The first-order valence-corrected chi connectivity index (χ1v) is 8.30. The molecule has 4 rings (SSSR count). The molecular formula is C21H19NO2. The fourth-order valence-corrected chi connectivity index (χ4v) is 3.29. The lowest BCUT2D eigenvalue weighted by Crippen LogP contribution is -2.29. The van der Waals surface area contributed by atoms with Crippen LogP contribution < -0.4 is 0 Å². The van der Waals surface area contributed by atoms with Gasteiger partial charge in [0, 0.05) is 19.5 Å². The van der Waals surface area contributed by atoms with Gasteiger partial charge in [-0.05, 0) is 34.4 Å². The number of benzene rings is 2. The predicted octanol–water partition coefficient (Wildman–Crippen LogP) is 4.67. The van der Waals surface area contributed by atoms with Crippen LogP contribution in [0.1, 0.15) is 34.4 Å². The van der Waals surface area contributed by atoms with Crippen molar-refractivity contribution in [2.75, 3.05) is 0 Å². The standard InChI is InChI=1S/C21H19NO2/c1-2-17-11-12-20(24-17)21(23)22-13-15-7-3-5-9-18(15)19-10-6-4-8-16(19)14-22/h3-12H,2,13-14H2,1H3. The van der Waals surface area contributed by atoms with E-state index in [4.69, 9.17) is 4.42 Å². The second-order valence-electron chi connectivity index (χ2n) is 6.10. The summed E-state index contributed by atoms with van der Waals surface area (Å²) in [5.74, 6) is 1.21. The Morgan fingerprint density at radius 3 is 2.04 bits per heavy atom. The first kappa shape index (κ1) is 14.8. The average molecular weight is 317 g/mol. The molecule has 0 unspecified atom stereocenters. The summed E-state index contributed by atoms with van der Waals surface area (Å²) in [5.41, 5.74) is 4.74. The number of nitrogens with zero attached hydrogens (tertiary/aromatic N) is 1. The van der Waals surface area contributed by atoms with Crippen molar-refractivity contribution in [2.45, 2.75) is 26.4 Å². The molecule has 0 atom stereocenters. The van der Waals surface area contributed by atoms with Gasteiger partial charge in [0.05, 0.1) is 0 Å². The van der Waals surface area contributed by atoms with Crippen LogP contribution in [0.2, 0.25) is 0 Å². The molecule has 0 spiro atoms. The van der Waals surface area contributed by atoms with Crippen LogP contribution in [0.3, 0.4) is 0 Å². The highest BCUT2D eigenvalue weighted by atomic mass is 16.4. The first-order valence-electron chi connectivity index (χ1n) is 8.30. The van der Waals surface area contributed by atoms with E-state index in [1.54, 1.807) is 6.07 Å². The molecule has 3 heteroatoms. The number of hydrogen-bond donors (Lipinski definition) is 0. The smallest absolute Gasteiger partial charge is 0.290 e. The van der Waals surface area contributed by atoms with E-state index in [0.717, 1.165) is 23.3 Å². The highest BCUT2D eigenvalue weighted by Crippen LogP contribution is 2.33. The Hall–Kier alpha value is -2.81. The van der Waals surface area contributed by atoms with Gasteiger partial charge in [-0.1, -0.05) is 55.5 Å². The molecule has 24 heavy (non-hydrogen) atoms. The summed E-state index contributed by atoms with van der Waals surface area (Å²) in [7, 11) is 0. The van der Waals surface area contributed by atoms with Crippen LogP contribution in [0.15, 0.2) is 65.1 Å². The molecule has 3 aromatic rings. The van der Waals surface area contributed by atoms with Gasteiger partial charge in [-0.3, -0.25) is 4.79 Å². The summed E-state index contributed by atoms with van der Waals surface area (Å²) in [5, 5.41) is 0. The van der Waals surface area contributed by atoms with E-state index in [0.29, 0.717) is 18.8 Å². The topological polar surface area (TPSA) is 33.5 Å². The van der Waals surface area contributed by atoms with Gasteiger partial charge in [-0.25, -0.2) is 0 Å². The molecule has 2 aromatic carbocycles. The molecule has 2 heterocycles. The molecule has 1 aliphatic rings. The summed E-state index contributed by atoms with van der Waals surface area (Å²) < 4.78 is 5.67. The van der Waals surface area contributed by atoms with E-state index in [1.807, 2.05) is 42.2 Å². The number of carbonyl (C=O) groups excluding carboxylic acids is 1. The van der Waals surface area contributed by atoms with Gasteiger partial charge in [0.15, 0.2) is 5.76 Å². The maximum atomic E-state index is 12.9. The van der Waals surface area contributed by atoms with E-state index < -0.39 is 0 Å². The molecule has 0 radical (unpaired) electrons.